The monoisotopic (exact) mass is 339 g/mol. The van der Waals surface area contributed by atoms with E-state index >= 15 is 0 Å². The molecule has 1 saturated heterocycles. The third-order valence-corrected chi connectivity index (χ3v) is 4.09. The largest absolute Gasteiger partial charge is 0.303 e. The molecule has 0 saturated carbocycles. The first-order valence-electron chi connectivity index (χ1n) is 7.19. The van der Waals surface area contributed by atoms with Gasteiger partial charge >= 0.3 is 0 Å². The minimum Gasteiger partial charge on any atom is -0.303 e. The lowest BCUT2D eigenvalue weighted by atomic mass is 10.1. The summed E-state index contributed by atoms with van der Waals surface area (Å²) in [5, 5.41) is 3.37. The molecule has 0 radical (unpaired) electrons. The first-order valence-corrected chi connectivity index (χ1v) is 7.93. The second kappa shape index (κ2) is 9.47. The van der Waals surface area contributed by atoms with Crippen LogP contribution in [-0.2, 0) is 24.9 Å². The van der Waals surface area contributed by atoms with Crippen molar-refractivity contribution in [3.63, 3.8) is 0 Å². The fourth-order valence-electron chi connectivity index (χ4n) is 2.24. The summed E-state index contributed by atoms with van der Waals surface area (Å²) in [5.41, 5.74) is 0. The summed E-state index contributed by atoms with van der Waals surface area (Å²) in [7, 11) is 2.00. The van der Waals surface area contributed by atoms with Gasteiger partial charge in [-0.2, -0.15) is 0 Å². The number of hydrogen-bond donors (Lipinski definition) is 0. The van der Waals surface area contributed by atoms with Crippen LogP contribution in [0.4, 0.5) is 8.78 Å². The fraction of sp³-hybridized carbons (Fsp3) is 1.00. The zero-order valence-corrected chi connectivity index (χ0v) is 14.0. The van der Waals surface area contributed by atoms with Crippen molar-refractivity contribution in [2.75, 3.05) is 46.3 Å². The normalized spacial score (nSPS) is 23.4. The molecule has 1 fully saturated rings. The average Bonchev–Trinajstić information content (AvgIpc) is 2.45. The van der Waals surface area contributed by atoms with Crippen molar-refractivity contribution < 1.29 is 8.78 Å². The number of alkyl halides is 2. The van der Waals surface area contributed by atoms with E-state index in [2.05, 4.69) is 13.8 Å². The van der Waals surface area contributed by atoms with Crippen LogP contribution in [0, 0.1) is 0 Å². The summed E-state index contributed by atoms with van der Waals surface area (Å²) in [6.45, 7) is 3.83. The van der Waals surface area contributed by atoms with Gasteiger partial charge in [0.15, 0.2) is 0 Å². The lowest BCUT2D eigenvalue weighted by Gasteiger charge is -2.26. The highest BCUT2D eigenvalue weighted by molar-refractivity contribution is 7.47. The van der Waals surface area contributed by atoms with E-state index < -0.39 is 5.92 Å². The summed E-state index contributed by atoms with van der Waals surface area (Å²) in [5.74, 6) is -2.64. The van der Waals surface area contributed by atoms with E-state index in [0.29, 0.717) is 39.0 Å². The van der Waals surface area contributed by atoms with Crippen molar-refractivity contribution in [2.24, 2.45) is 8.94 Å². The van der Waals surface area contributed by atoms with Crippen LogP contribution in [0.15, 0.2) is 8.94 Å². The molecule has 1 heterocycles. The van der Waals surface area contributed by atoms with E-state index in [1.165, 1.54) is 0 Å². The topological polar surface area (TPSA) is 34.4 Å². The number of halogens is 2. The Morgan fingerprint density at radius 2 is 1.24 bits per heavy atom. The highest BCUT2D eigenvalue weighted by Gasteiger charge is 2.28. The number of rotatable bonds is 2. The van der Waals surface area contributed by atoms with E-state index in [9.17, 15) is 8.78 Å². The van der Waals surface area contributed by atoms with E-state index in [-0.39, 0.29) is 12.8 Å². The summed E-state index contributed by atoms with van der Waals surface area (Å²) >= 11 is 9.41. The van der Waals surface area contributed by atoms with Gasteiger partial charge in [-0.1, -0.05) is 0 Å². The zero-order chi connectivity index (χ0) is 15.7. The van der Waals surface area contributed by atoms with Gasteiger partial charge in [0.05, 0.1) is 24.9 Å². The van der Waals surface area contributed by atoms with Crippen molar-refractivity contribution in [2.45, 2.75) is 31.6 Å². The fourth-order valence-corrected chi connectivity index (χ4v) is 2.56. The maximum absolute atomic E-state index is 13.7. The van der Waals surface area contributed by atoms with Gasteiger partial charge in [0.2, 0.25) is 5.92 Å². The second-order valence-corrected chi connectivity index (χ2v) is 5.76. The molecule has 0 unspecified atom stereocenters. The van der Waals surface area contributed by atoms with Crippen molar-refractivity contribution in [3.8, 4) is 0 Å². The molecule has 1 rings (SSSR count). The quantitative estimate of drug-likeness (QED) is 0.769. The first-order chi connectivity index (χ1) is 9.96. The van der Waals surface area contributed by atoms with Crippen molar-refractivity contribution in [1.82, 2.24) is 14.9 Å². The maximum atomic E-state index is 13.7. The van der Waals surface area contributed by atoms with Crippen molar-refractivity contribution >= 4 is 24.9 Å². The average molecular weight is 339 g/mol. The molecule has 1 aliphatic heterocycles. The molecule has 0 N–H and O–H groups in total. The van der Waals surface area contributed by atoms with Gasteiger partial charge in [-0.3, -0.25) is 10.0 Å². The van der Waals surface area contributed by atoms with E-state index in [4.69, 9.17) is 24.9 Å². The SMILES string of the molecule is CN1CCN(N=S)CCCC(F)(F)CCCN(N=S)CC1. The Bertz CT molecular complexity index is 305. The van der Waals surface area contributed by atoms with E-state index in [1.807, 2.05) is 7.05 Å². The molecule has 0 amide bonds. The third kappa shape index (κ3) is 7.87. The van der Waals surface area contributed by atoms with Crippen LogP contribution in [-0.4, -0.2) is 67.2 Å². The van der Waals surface area contributed by atoms with Crippen LogP contribution in [0.1, 0.15) is 25.7 Å². The molecule has 0 aromatic heterocycles. The molecule has 0 aromatic carbocycles. The Balaban J connectivity index is 2.60. The molecular weight excluding hydrogens is 316 g/mol. The minimum absolute atomic E-state index is 0.130. The van der Waals surface area contributed by atoms with Crippen LogP contribution in [0.2, 0.25) is 0 Å². The number of hydrogen-bond acceptors (Lipinski definition) is 5. The Labute approximate surface area is 135 Å². The molecule has 122 valence electrons. The minimum atomic E-state index is -2.64. The standard InChI is InChI=1S/C12H23F2N5S2/c1-17-8-10-18(15-20)6-2-4-12(13,14)5-3-7-19(16-21)11-9-17/h2-11H2,1H3. The molecule has 9 heteroatoms. The smallest absolute Gasteiger partial charge is 0.248 e. The summed E-state index contributed by atoms with van der Waals surface area (Å²) < 4.78 is 34.9. The van der Waals surface area contributed by atoms with E-state index in [0.717, 1.165) is 13.1 Å². The van der Waals surface area contributed by atoms with Crippen molar-refractivity contribution in [1.29, 1.82) is 0 Å². The molecule has 0 bridgehead atoms. The van der Waals surface area contributed by atoms with Gasteiger partial charge in [0.1, 0.15) is 0 Å². The highest BCUT2D eigenvalue weighted by Crippen LogP contribution is 2.26. The third-order valence-electron chi connectivity index (χ3n) is 3.63. The van der Waals surface area contributed by atoms with Crippen LogP contribution in [0.25, 0.3) is 0 Å². The van der Waals surface area contributed by atoms with Gasteiger partial charge in [-0.15, -0.1) is 8.94 Å². The number of likely N-dealkylation sites (N-methyl/N-ethyl adjacent to an activating group) is 1. The molecule has 21 heavy (non-hydrogen) atoms. The lowest BCUT2D eigenvalue weighted by Crippen LogP contribution is -2.36. The van der Waals surface area contributed by atoms with Crippen LogP contribution in [0.5, 0.6) is 0 Å². The van der Waals surface area contributed by atoms with Gasteiger partial charge in [-0.05, 0) is 19.9 Å². The molecular formula is C12H23F2N5S2. The molecule has 0 aliphatic carbocycles. The molecule has 5 nitrogen and oxygen atoms in total. The maximum Gasteiger partial charge on any atom is 0.248 e. The molecule has 1 aliphatic rings. The first kappa shape index (κ1) is 18.5. The summed E-state index contributed by atoms with van der Waals surface area (Å²) in [6.07, 6.45) is 0.530. The van der Waals surface area contributed by atoms with Crippen LogP contribution < -0.4 is 0 Å². The molecule has 0 atom stereocenters. The summed E-state index contributed by atoms with van der Waals surface area (Å²) in [4.78, 5) is 2.14. The van der Waals surface area contributed by atoms with Crippen molar-refractivity contribution in [3.05, 3.63) is 0 Å². The van der Waals surface area contributed by atoms with Gasteiger partial charge < -0.3 is 4.90 Å². The Hall–Kier alpha value is -0.540. The molecule has 0 spiro atoms. The molecule has 0 aromatic rings. The summed E-state index contributed by atoms with van der Waals surface area (Å²) in [6, 6.07) is 0. The van der Waals surface area contributed by atoms with E-state index in [1.54, 1.807) is 10.0 Å². The Kier molecular flexibility index (Phi) is 8.35. The zero-order valence-electron chi connectivity index (χ0n) is 12.4. The van der Waals surface area contributed by atoms with Gasteiger partial charge in [0, 0.05) is 52.1 Å². The van der Waals surface area contributed by atoms with Crippen LogP contribution in [0.3, 0.4) is 0 Å². The predicted octanol–water partition coefficient (Wildman–Crippen LogP) is 2.02. The highest BCUT2D eigenvalue weighted by atomic mass is 32.1. The Morgan fingerprint density at radius 1 is 0.810 bits per heavy atom. The predicted molar refractivity (Wildman–Crippen MR) is 83.6 cm³/mol. The van der Waals surface area contributed by atoms with Gasteiger partial charge in [0.25, 0.3) is 0 Å². The Morgan fingerprint density at radius 3 is 1.62 bits per heavy atom. The number of nitrogens with zero attached hydrogens (tertiary/aromatic N) is 5. The van der Waals surface area contributed by atoms with Crippen LogP contribution >= 0.6 is 0 Å². The second-order valence-electron chi connectivity index (χ2n) is 5.44. The van der Waals surface area contributed by atoms with Gasteiger partial charge in [-0.25, -0.2) is 8.78 Å². The lowest BCUT2D eigenvalue weighted by molar-refractivity contribution is -0.0238.